The van der Waals surface area contributed by atoms with E-state index in [9.17, 15) is 9.59 Å². The number of carboxylic acids is 1. The fraction of sp³-hybridized carbons (Fsp3) is 0.303. The Labute approximate surface area is 244 Å². The number of amidine groups is 1. The van der Waals surface area contributed by atoms with Gasteiger partial charge >= 0.3 is 5.97 Å². The van der Waals surface area contributed by atoms with Crippen LogP contribution in [0.3, 0.4) is 0 Å². The Morgan fingerprint density at radius 1 is 1.05 bits per heavy atom. The first-order valence-corrected chi connectivity index (χ1v) is 14.7. The monoisotopic (exact) mass is 571 g/mol. The minimum atomic E-state index is -0.897. The number of nitrogens with zero attached hydrogens (tertiary/aromatic N) is 3. The van der Waals surface area contributed by atoms with Crippen LogP contribution in [-0.4, -0.2) is 41.1 Å². The van der Waals surface area contributed by atoms with Crippen molar-refractivity contribution in [1.82, 2.24) is 4.90 Å². The van der Waals surface area contributed by atoms with E-state index >= 15 is 4.39 Å². The summed E-state index contributed by atoms with van der Waals surface area (Å²) in [6.45, 7) is 0.596. The zero-order valence-corrected chi connectivity index (χ0v) is 24.2. The van der Waals surface area contributed by atoms with Gasteiger partial charge in [-0.15, -0.1) is 0 Å². The highest BCUT2D eigenvalue weighted by molar-refractivity contribution is 8.18. The van der Waals surface area contributed by atoms with Gasteiger partial charge in [-0.25, -0.2) is 9.38 Å². The van der Waals surface area contributed by atoms with Crippen LogP contribution in [0.25, 0.3) is 6.08 Å². The number of halogens is 1. The number of carboxylic acid groups (broad SMARTS) is 1. The van der Waals surface area contributed by atoms with Crippen LogP contribution in [0.15, 0.2) is 76.6 Å². The fourth-order valence-electron chi connectivity index (χ4n) is 5.39. The zero-order chi connectivity index (χ0) is 28.9. The van der Waals surface area contributed by atoms with Crippen LogP contribution < -0.4 is 4.90 Å². The fourth-order valence-corrected chi connectivity index (χ4v) is 6.38. The van der Waals surface area contributed by atoms with E-state index < -0.39 is 5.97 Å². The van der Waals surface area contributed by atoms with Gasteiger partial charge in [0, 0.05) is 20.6 Å². The second-order valence-corrected chi connectivity index (χ2v) is 11.8. The number of hydrogen-bond acceptors (Lipinski definition) is 5. The van der Waals surface area contributed by atoms with Crippen molar-refractivity contribution in [2.24, 2.45) is 4.99 Å². The number of aliphatic carboxylic acids is 1. The number of thioether (sulfide) groups is 1. The molecule has 1 saturated heterocycles. The highest BCUT2D eigenvalue weighted by atomic mass is 32.2. The van der Waals surface area contributed by atoms with Gasteiger partial charge < -0.3 is 10.0 Å². The quantitative estimate of drug-likeness (QED) is 0.286. The molecule has 6 nitrogen and oxygen atoms in total. The van der Waals surface area contributed by atoms with Crippen molar-refractivity contribution in [3.8, 4) is 0 Å². The minimum absolute atomic E-state index is 0.0600. The molecular formula is C33H34FN3O3S. The van der Waals surface area contributed by atoms with Gasteiger partial charge in [0.05, 0.1) is 22.7 Å². The second-order valence-electron chi connectivity index (χ2n) is 10.7. The Bertz CT molecular complexity index is 1480. The summed E-state index contributed by atoms with van der Waals surface area (Å²) < 4.78 is 15.2. The summed E-state index contributed by atoms with van der Waals surface area (Å²) in [5.41, 5.74) is 4.93. The van der Waals surface area contributed by atoms with Crippen molar-refractivity contribution in [2.75, 3.05) is 19.0 Å². The lowest BCUT2D eigenvalue weighted by Crippen LogP contribution is -2.23. The van der Waals surface area contributed by atoms with Gasteiger partial charge in [0.2, 0.25) is 0 Å². The number of carbonyl (C=O) groups is 2. The summed E-state index contributed by atoms with van der Waals surface area (Å²) in [5, 5.41) is 9.44. The predicted octanol–water partition coefficient (Wildman–Crippen LogP) is 7.37. The number of anilines is 1. The van der Waals surface area contributed by atoms with Crippen molar-refractivity contribution in [3.63, 3.8) is 0 Å². The topological polar surface area (TPSA) is 73.2 Å². The molecule has 2 aliphatic rings. The van der Waals surface area contributed by atoms with Crippen LogP contribution >= 0.6 is 11.8 Å². The van der Waals surface area contributed by atoms with Crippen LogP contribution in [0, 0.1) is 5.82 Å². The molecule has 8 heteroatoms. The highest BCUT2D eigenvalue weighted by Gasteiger charge is 2.30. The minimum Gasteiger partial charge on any atom is -0.481 e. The molecule has 1 N–H and O–H groups in total. The van der Waals surface area contributed by atoms with Gasteiger partial charge in [0.15, 0.2) is 5.17 Å². The molecule has 1 heterocycles. The van der Waals surface area contributed by atoms with Crippen molar-refractivity contribution >= 4 is 46.3 Å². The number of amides is 1. The molecule has 1 aliphatic heterocycles. The molecular weight excluding hydrogens is 537 g/mol. The molecule has 41 heavy (non-hydrogen) atoms. The first-order valence-electron chi connectivity index (χ1n) is 13.9. The van der Waals surface area contributed by atoms with E-state index in [4.69, 9.17) is 5.11 Å². The Morgan fingerprint density at radius 2 is 1.73 bits per heavy atom. The second kappa shape index (κ2) is 12.7. The van der Waals surface area contributed by atoms with E-state index in [1.54, 1.807) is 43.5 Å². The first-order chi connectivity index (χ1) is 19.8. The van der Waals surface area contributed by atoms with E-state index in [1.807, 2.05) is 18.0 Å². The number of rotatable bonds is 8. The summed E-state index contributed by atoms with van der Waals surface area (Å²) in [7, 11) is 3.53. The number of benzene rings is 3. The third-order valence-corrected chi connectivity index (χ3v) is 8.74. The molecule has 0 atom stereocenters. The SMILES string of the molecule is CN1C(=O)/C(=C\c2ccc(N(C)Cc3ccc(C4CCCCC4)cc3)c(F)c2)SC1=Nc1ccc(CC(=O)O)cc1. The molecule has 0 spiro atoms. The van der Waals surface area contributed by atoms with Crippen LogP contribution in [0.2, 0.25) is 0 Å². The molecule has 0 aromatic heterocycles. The molecule has 3 aromatic carbocycles. The Kier molecular flexibility index (Phi) is 8.88. The number of carbonyl (C=O) groups excluding carboxylic acids is 1. The Morgan fingerprint density at radius 3 is 2.39 bits per heavy atom. The summed E-state index contributed by atoms with van der Waals surface area (Å²) in [6, 6.07) is 20.6. The summed E-state index contributed by atoms with van der Waals surface area (Å²) >= 11 is 1.22. The van der Waals surface area contributed by atoms with E-state index in [0.29, 0.717) is 45.0 Å². The molecule has 0 radical (unpaired) electrons. The van der Waals surface area contributed by atoms with Gasteiger partial charge in [0.1, 0.15) is 5.82 Å². The van der Waals surface area contributed by atoms with Crippen molar-refractivity contribution in [2.45, 2.75) is 51.0 Å². The summed E-state index contributed by atoms with van der Waals surface area (Å²) in [5.74, 6) is -0.793. The number of aliphatic imine (C=N–C) groups is 1. The lowest BCUT2D eigenvalue weighted by Gasteiger charge is -2.23. The van der Waals surface area contributed by atoms with Crippen molar-refractivity contribution in [3.05, 3.63) is 99.7 Å². The zero-order valence-electron chi connectivity index (χ0n) is 23.3. The van der Waals surface area contributed by atoms with E-state index in [1.165, 1.54) is 60.4 Å². The lowest BCUT2D eigenvalue weighted by atomic mass is 9.84. The highest BCUT2D eigenvalue weighted by Crippen LogP contribution is 2.35. The van der Waals surface area contributed by atoms with Crippen molar-refractivity contribution < 1.29 is 19.1 Å². The number of hydrogen-bond donors (Lipinski definition) is 1. The van der Waals surface area contributed by atoms with Gasteiger partial charge in [-0.05, 0) is 83.1 Å². The maximum Gasteiger partial charge on any atom is 0.307 e. The molecule has 212 valence electrons. The predicted molar refractivity (Wildman–Crippen MR) is 164 cm³/mol. The number of likely N-dealkylation sites (N-methyl/N-ethyl adjacent to an activating group) is 1. The lowest BCUT2D eigenvalue weighted by molar-refractivity contribution is -0.136. The molecule has 3 aromatic rings. The third kappa shape index (κ3) is 7.06. The van der Waals surface area contributed by atoms with Crippen molar-refractivity contribution in [1.29, 1.82) is 0 Å². The molecule has 0 bridgehead atoms. The van der Waals surface area contributed by atoms with E-state index in [2.05, 4.69) is 29.3 Å². The molecule has 2 fully saturated rings. The maximum absolute atomic E-state index is 15.2. The van der Waals surface area contributed by atoms with Crippen LogP contribution in [0.5, 0.6) is 0 Å². The Balaban J connectivity index is 1.24. The smallest absolute Gasteiger partial charge is 0.307 e. The molecule has 0 unspecified atom stereocenters. The Hall–Kier alpha value is -3.91. The first kappa shape index (κ1) is 28.6. The average Bonchev–Trinajstić information content (AvgIpc) is 3.22. The van der Waals surface area contributed by atoms with Crippen LogP contribution in [-0.2, 0) is 22.6 Å². The van der Waals surface area contributed by atoms with Gasteiger partial charge in [-0.1, -0.05) is 61.7 Å². The van der Waals surface area contributed by atoms with Gasteiger partial charge in [-0.3, -0.25) is 14.5 Å². The normalized spacial score (nSPS) is 17.9. The molecule has 1 saturated carbocycles. The summed E-state index contributed by atoms with van der Waals surface area (Å²) in [4.78, 5) is 32.1. The van der Waals surface area contributed by atoms with E-state index in [-0.39, 0.29) is 18.1 Å². The summed E-state index contributed by atoms with van der Waals surface area (Å²) in [6.07, 6.45) is 8.12. The standard InChI is InChI=1S/C33H34FN3O3S/c1-36(21-23-8-13-26(14-9-23)25-6-4-3-5-7-25)29-17-12-24(18-28(29)34)19-30-32(40)37(2)33(41-30)35-27-15-10-22(11-16-27)20-31(38)39/h8-19,25H,3-7,20-21H2,1-2H3,(H,38,39)/b30-19+,35-33?. The third-order valence-electron chi connectivity index (χ3n) is 7.68. The molecule has 1 amide bonds. The largest absolute Gasteiger partial charge is 0.481 e. The maximum atomic E-state index is 15.2. The molecule has 1 aliphatic carbocycles. The average molecular weight is 572 g/mol. The van der Waals surface area contributed by atoms with Crippen LogP contribution in [0.1, 0.15) is 60.3 Å². The van der Waals surface area contributed by atoms with Gasteiger partial charge in [0.25, 0.3) is 5.91 Å². The molecule has 5 rings (SSSR count). The van der Waals surface area contributed by atoms with Crippen LogP contribution in [0.4, 0.5) is 15.8 Å². The van der Waals surface area contributed by atoms with E-state index in [0.717, 1.165) is 5.56 Å². The van der Waals surface area contributed by atoms with Gasteiger partial charge in [-0.2, -0.15) is 0 Å².